The van der Waals surface area contributed by atoms with E-state index in [2.05, 4.69) is 21.2 Å². The van der Waals surface area contributed by atoms with Crippen molar-refractivity contribution in [2.45, 2.75) is 13.2 Å². The number of halogens is 2. The van der Waals surface area contributed by atoms with Gasteiger partial charge in [-0.3, -0.25) is 0 Å². The molecule has 3 nitrogen and oxygen atoms in total. The van der Waals surface area contributed by atoms with Gasteiger partial charge in [-0.15, -0.1) is 0 Å². The van der Waals surface area contributed by atoms with Crippen molar-refractivity contribution in [3.05, 3.63) is 87.4 Å². The average molecular weight is 433 g/mol. The SMILES string of the molecule is COc1cc(CNc2ccc(Br)cc2)cc(Cl)c1OCc1ccccc1. The van der Waals surface area contributed by atoms with E-state index in [4.69, 9.17) is 21.1 Å². The minimum Gasteiger partial charge on any atom is -0.493 e. The number of benzene rings is 3. The maximum Gasteiger partial charge on any atom is 0.180 e. The molecule has 0 aliphatic heterocycles. The van der Waals surface area contributed by atoms with E-state index in [0.29, 0.717) is 29.7 Å². The van der Waals surface area contributed by atoms with Gasteiger partial charge in [0.1, 0.15) is 6.61 Å². The maximum atomic E-state index is 6.44. The molecule has 26 heavy (non-hydrogen) atoms. The Morgan fingerprint density at radius 2 is 1.69 bits per heavy atom. The molecule has 0 aliphatic rings. The highest BCUT2D eigenvalue weighted by molar-refractivity contribution is 9.10. The van der Waals surface area contributed by atoms with Crippen LogP contribution in [0.1, 0.15) is 11.1 Å². The van der Waals surface area contributed by atoms with Crippen molar-refractivity contribution in [1.29, 1.82) is 0 Å². The summed E-state index contributed by atoms with van der Waals surface area (Å²) in [5, 5.41) is 3.90. The second-order valence-corrected chi connectivity index (χ2v) is 7.07. The molecule has 0 radical (unpaired) electrons. The molecule has 0 bridgehead atoms. The Morgan fingerprint density at radius 1 is 0.962 bits per heavy atom. The molecule has 0 heterocycles. The predicted molar refractivity (Wildman–Crippen MR) is 110 cm³/mol. The first-order valence-electron chi connectivity index (χ1n) is 8.18. The van der Waals surface area contributed by atoms with Crippen LogP contribution < -0.4 is 14.8 Å². The van der Waals surface area contributed by atoms with Gasteiger partial charge in [0.25, 0.3) is 0 Å². The van der Waals surface area contributed by atoms with E-state index in [-0.39, 0.29) is 0 Å². The molecule has 0 amide bonds. The molecule has 1 N–H and O–H groups in total. The van der Waals surface area contributed by atoms with Gasteiger partial charge in [-0.25, -0.2) is 0 Å². The Hall–Kier alpha value is -2.17. The number of hydrogen-bond donors (Lipinski definition) is 1. The second kappa shape index (κ2) is 8.97. The van der Waals surface area contributed by atoms with E-state index in [1.54, 1.807) is 7.11 Å². The van der Waals surface area contributed by atoms with Gasteiger partial charge in [0.05, 0.1) is 12.1 Å². The van der Waals surface area contributed by atoms with Gasteiger partial charge in [0, 0.05) is 16.7 Å². The summed E-state index contributed by atoms with van der Waals surface area (Å²) in [6, 6.07) is 21.8. The monoisotopic (exact) mass is 431 g/mol. The lowest BCUT2D eigenvalue weighted by molar-refractivity contribution is 0.284. The molecule has 134 valence electrons. The van der Waals surface area contributed by atoms with E-state index in [0.717, 1.165) is 21.3 Å². The number of rotatable bonds is 7. The summed E-state index contributed by atoms with van der Waals surface area (Å²) in [4.78, 5) is 0. The zero-order chi connectivity index (χ0) is 18.4. The molecular weight excluding hydrogens is 414 g/mol. The largest absolute Gasteiger partial charge is 0.493 e. The fourth-order valence-electron chi connectivity index (χ4n) is 2.52. The summed E-state index contributed by atoms with van der Waals surface area (Å²) in [5.74, 6) is 1.19. The summed E-state index contributed by atoms with van der Waals surface area (Å²) in [6.45, 7) is 1.07. The molecular formula is C21H19BrClNO2. The smallest absolute Gasteiger partial charge is 0.180 e. The van der Waals surface area contributed by atoms with Crippen molar-refractivity contribution in [2.24, 2.45) is 0 Å². The molecule has 0 fully saturated rings. The molecule has 3 aromatic carbocycles. The van der Waals surface area contributed by atoms with Crippen LogP contribution in [-0.2, 0) is 13.2 Å². The Balaban J connectivity index is 1.70. The maximum absolute atomic E-state index is 6.44. The molecule has 0 saturated carbocycles. The number of ether oxygens (including phenoxy) is 2. The van der Waals surface area contributed by atoms with Crippen molar-refractivity contribution in [3.63, 3.8) is 0 Å². The highest BCUT2D eigenvalue weighted by Crippen LogP contribution is 2.37. The van der Waals surface area contributed by atoms with Gasteiger partial charge in [0.2, 0.25) is 0 Å². The van der Waals surface area contributed by atoms with E-state index in [9.17, 15) is 0 Å². The van der Waals surface area contributed by atoms with Gasteiger partial charge in [-0.05, 0) is 47.5 Å². The highest BCUT2D eigenvalue weighted by Gasteiger charge is 2.12. The third-order valence-electron chi connectivity index (χ3n) is 3.86. The summed E-state index contributed by atoms with van der Waals surface area (Å²) < 4.78 is 12.4. The molecule has 0 atom stereocenters. The van der Waals surface area contributed by atoms with Crippen molar-refractivity contribution >= 4 is 33.2 Å². The fourth-order valence-corrected chi connectivity index (χ4v) is 3.07. The molecule has 0 spiro atoms. The lowest BCUT2D eigenvalue weighted by Crippen LogP contribution is -2.02. The first kappa shape index (κ1) is 18.6. The van der Waals surface area contributed by atoms with Crippen LogP contribution in [0.2, 0.25) is 5.02 Å². The minimum absolute atomic E-state index is 0.438. The van der Waals surface area contributed by atoms with E-state index in [1.165, 1.54) is 0 Å². The van der Waals surface area contributed by atoms with Crippen LogP contribution in [0.15, 0.2) is 71.2 Å². The molecule has 3 rings (SSSR count). The van der Waals surface area contributed by atoms with Crippen LogP contribution in [0.3, 0.4) is 0 Å². The first-order valence-corrected chi connectivity index (χ1v) is 9.35. The number of anilines is 1. The number of methoxy groups -OCH3 is 1. The van der Waals surface area contributed by atoms with Gasteiger partial charge >= 0.3 is 0 Å². The zero-order valence-corrected chi connectivity index (χ0v) is 16.7. The molecule has 0 aromatic heterocycles. The molecule has 0 aliphatic carbocycles. The summed E-state index contributed by atoms with van der Waals surface area (Å²) in [6.07, 6.45) is 0. The zero-order valence-electron chi connectivity index (χ0n) is 14.3. The van der Waals surface area contributed by atoms with Crippen molar-refractivity contribution in [1.82, 2.24) is 0 Å². The lowest BCUT2D eigenvalue weighted by Gasteiger charge is -2.15. The fraction of sp³-hybridized carbons (Fsp3) is 0.143. The van der Waals surface area contributed by atoms with Crippen molar-refractivity contribution in [3.8, 4) is 11.5 Å². The average Bonchev–Trinajstić information content (AvgIpc) is 2.67. The summed E-state index contributed by atoms with van der Waals surface area (Å²) >= 11 is 9.88. The number of nitrogens with one attached hydrogen (secondary N) is 1. The van der Waals surface area contributed by atoms with Crippen LogP contribution in [-0.4, -0.2) is 7.11 Å². The molecule has 5 heteroatoms. The van der Waals surface area contributed by atoms with Gasteiger partial charge in [-0.2, -0.15) is 0 Å². The van der Waals surface area contributed by atoms with E-state index < -0.39 is 0 Å². The van der Waals surface area contributed by atoms with Crippen LogP contribution in [0.4, 0.5) is 5.69 Å². The lowest BCUT2D eigenvalue weighted by atomic mass is 10.2. The van der Waals surface area contributed by atoms with E-state index in [1.807, 2.05) is 66.7 Å². The standard InChI is InChI=1S/C21H19BrClNO2/c1-25-20-12-16(13-24-18-9-7-17(22)8-10-18)11-19(23)21(20)26-14-15-5-3-2-4-6-15/h2-12,24H,13-14H2,1H3. The Kier molecular flexibility index (Phi) is 6.42. The van der Waals surface area contributed by atoms with Crippen LogP contribution in [0, 0.1) is 0 Å². The summed E-state index contributed by atoms with van der Waals surface area (Å²) in [7, 11) is 1.62. The third kappa shape index (κ3) is 4.93. The normalized spacial score (nSPS) is 10.4. The molecule has 0 saturated heterocycles. The Bertz CT molecular complexity index is 854. The first-order chi connectivity index (χ1) is 12.7. The topological polar surface area (TPSA) is 30.5 Å². The summed E-state index contributed by atoms with van der Waals surface area (Å²) in [5.41, 5.74) is 3.13. The molecule has 0 unspecified atom stereocenters. The van der Waals surface area contributed by atoms with Crippen molar-refractivity contribution in [2.75, 3.05) is 12.4 Å². The second-order valence-electron chi connectivity index (χ2n) is 5.74. The quantitative estimate of drug-likeness (QED) is 0.475. The van der Waals surface area contributed by atoms with Crippen LogP contribution in [0.5, 0.6) is 11.5 Å². The number of hydrogen-bond acceptors (Lipinski definition) is 3. The third-order valence-corrected chi connectivity index (χ3v) is 4.67. The highest BCUT2D eigenvalue weighted by atomic mass is 79.9. The van der Waals surface area contributed by atoms with Crippen molar-refractivity contribution < 1.29 is 9.47 Å². The predicted octanol–water partition coefficient (Wildman–Crippen LogP) is 6.30. The van der Waals surface area contributed by atoms with Crippen LogP contribution >= 0.6 is 27.5 Å². The van der Waals surface area contributed by atoms with Gasteiger partial charge in [-0.1, -0.05) is 57.9 Å². The molecule has 3 aromatic rings. The minimum atomic E-state index is 0.438. The van der Waals surface area contributed by atoms with Gasteiger partial charge in [0.15, 0.2) is 11.5 Å². The van der Waals surface area contributed by atoms with E-state index >= 15 is 0 Å². The Labute approximate surface area is 167 Å². The Morgan fingerprint density at radius 3 is 2.38 bits per heavy atom. The van der Waals surface area contributed by atoms with Crippen LogP contribution in [0.25, 0.3) is 0 Å². The van der Waals surface area contributed by atoms with Gasteiger partial charge < -0.3 is 14.8 Å².